The summed E-state index contributed by atoms with van der Waals surface area (Å²) in [5.41, 5.74) is 0. The van der Waals surface area contributed by atoms with Gasteiger partial charge >= 0.3 is 5.97 Å². The standard InChI is InChI=1S/C16H20N4O3S2/c1-23-14(22)5-2-8-17-13(21)10-25-16-19-18-15(12-4-3-9-24-12)20(16)11-6-7-11/h3-4,9,11H,2,5-8,10H2,1H3,(H,17,21). The van der Waals surface area contributed by atoms with Gasteiger partial charge in [-0.2, -0.15) is 0 Å². The first-order chi connectivity index (χ1) is 12.2. The van der Waals surface area contributed by atoms with Gasteiger partial charge in [0.15, 0.2) is 11.0 Å². The summed E-state index contributed by atoms with van der Waals surface area (Å²) < 4.78 is 6.72. The van der Waals surface area contributed by atoms with E-state index >= 15 is 0 Å². The van der Waals surface area contributed by atoms with E-state index in [0.717, 1.165) is 28.7 Å². The molecule has 2 aromatic heterocycles. The Bertz CT molecular complexity index is 726. The van der Waals surface area contributed by atoms with Crippen LogP contribution < -0.4 is 5.32 Å². The van der Waals surface area contributed by atoms with Gasteiger partial charge in [-0.15, -0.1) is 21.5 Å². The summed E-state index contributed by atoms with van der Waals surface area (Å²) in [5.74, 6) is 0.840. The van der Waals surface area contributed by atoms with E-state index in [0.29, 0.717) is 25.4 Å². The molecule has 0 atom stereocenters. The van der Waals surface area contributed by atoms with Crippen LogP contribution in [0.1, 0.15) is 31.7 Å². The molecule has 2 heterocycles. The Kier molecular flexibility index (Phi) is 6.09. The predicted octanol–water partition coefficient (Wildman–Crippen LogP) is 2.50. The van der Waals surface area contributed by atoms with Gasteiger partial charge in [-0.25, -0.2) is 0 Å². The maximum atomic E-state index is 12.0. The summed E-state index contributed by atoms with van der Waals surface area (Å²) in [6, 6.07) is 4.48. The van der Waals surface area contributed by atoms with Gasteiger partial charge in [-0.1, -0.05) is 17.8 Å². The molecule has 0 saturated heterocycles. The monoisotopic (exact) mass is 380 g/mol. The number of hydrogen-bond donors (Lipinski definition) is 1. The van der Waals surface area contributed by atoms with Gasteiger partial charge in [0.1, 0.15) is 0 Å². The number of aromatic nitrogens is 3. The number of carbonyl (C=O) groups excluding carboxylic acids is 2. The third-order valence-corrected chi connectivity index (χ3v) is 5.57. The summed E-state index contributed by atoms with van der Waals surface area (Å²) >= 11 is 3.04. The molecule has 1 saturated carbocycles. The lowest BCUT2D eigenvalue weighted by Gasteiger charge is -2.08. The zero-order chi connectivity index (χ0) is 17.6. The molecule has 0 spiro atoms. The third kappa shape index (κ3) is 4.82. The quantitative estimate of drug-likeness (QED) is 0.409. The van der Waals surface area contributed by atoms with Crippen LogP contribution in [0.15, 0.2) is 22.7 Å². The largest absolute Gasteiger partial charge is 0.469 e. The van der Waals surface area contributed by atoms with Crippen LogP contribution in [0.5, 0.6) is 0 Å². The lowest BCUT2D eigenvalue weighted by atomic mass is 10.3. The third-order valence-electron chi connectivity index (χ3n) is 3.76. The number of nitrogens with zero attached hydrogens (tertiary/aromatic N) is 3. The maximum absolute atomic E-state index is 12.0. The summed E-state index contributed by atoms with van der Waals surface area (Å²) in [6.07, 6.45) is 3.14. The fourth-order valence-electron chi connectivity index (χ4n) is 2.35. The average Bonchev–Trinajstić information content (AvgIpc) is 3.14. The van der Waals surface area contributed by atoms with Crippen molar-refractivity contribution in [2.45, 2.75) is 36.9 Å². The van der Waals surface area contributed by atoms with Gasteiger partial charge in [0.05, 0.1) is 17.7 Å². The number of carbonyl (C=O) groups is 2. The topological polar surface area (TPSA) is 86.1 Å². The second-order valence-corrected chi connectivity index (χ2v) is 7.59. The van der Waals surface area contributed by atoms with E-state index in [2.05, 4.69) is 24.8 Å². The van der Waals surface area contributed by atoms with E-state index < -0.39 is 0 Å². The van der Waals surface area contributed by atoms with E-state index in [1.807, 2.05) is 17.5 Å². The number of esters is 1. The number of thioether (sulfide) groups is 1. The molecule has 1 fully saturated rings. The van der Waals surface area contributed by atoms with Gasteiger partial charge in [-0.3, -0.25) is 14.2 Å². The van der Waals surface area contributed by atoms with Crippen molar-refractivity contribution in [3.05, 3.63) is 17.5 Å². The van der Waals surface area contributed by atoms with Crippen molar-refractivity contribution >= 4 is 35.0 Å². The molecule has 0 bridgehead atoms. The van der Waals surface area contributed by atoms with Crippen LogP contribution in [0.4, 0.5) is 0 Å². The van der Waals surface area contributed by atoms with Crippen molar-refractivity contribution in [3.8, 4) is 10.7 Å². The number of hydrogen-bond acceptors (Lipinski definition) is 7. The van der Waals surface area contributed by atoms with Crippen LogP contribution in [-0.4, -0.2) is 46.0 Å². The molecule has 2 aromatic rings. The number of thiophene rings is 1. The van der Waals surface area contributed by atoms with Crippen LogP contribution in [-0.2, 0) is 14.3 Å². The highest BCUT2D eigenvalue weighted by Crippen LogP contribution is 2.41. The minimum atomic E-state index is -0.262. The van der Waals surface area contributed by atoms with Crippen molar-refractivity contribution < 1.29 is 14.3 Å². The highest BCUT2D eigenvalue weighted by atomic mass is 32.2. The molecule has 25 heavy (non-hydrogen) atoms. The number of ether oxygens (including phenoxy) is 1. The highest BCUT2D eigenvalue weighted by molar-refractivity contribution is 7.99. The number of nitrogens with one attached hydrogen (secondary N) is 1. The van der Waals surface area contributed by atoms with Gasteiger partial charge in [-0.05, 0) is 30.7 Å². The molecule has 1 amide bonds. The molecule has 9 heteroatoms. The molecule has 0 unspecified atom stereocenters. The summed E-state index contributed by atoms with van der Waals surface area (Å²) in [6.45, 7) is 0.463. The number of rotatable bonds is 9. The first kappa shape index (κ1) is 17.9. The molecule has 0 aromatic carbocycles. The summed E-state index contributed by atoms with van der Waals surface area (Å²) in [7, 11) is 1.36. The second-order valence-electron chi connectivity index (χ2n) is 5.70. The van der Waals surface area contributed by atoms with E-state index in [4.69, 9.17) is 0 Å². The zero-order valence-corrected chi connectivity index (χ0v) is 15.6. The molecular weight excluding hydrogens is 360 g/mol. The fraction of sp³-hybridized carbons (Fsp3) is 0.500. The maximum Gasteiger partial charge on any atom is 0.305 e. The lowest BCUT2D eigenvalue weighted by molar-refractivity contribution is -0.140. The van der Waals surface area contributed by atoms with Crippen molar-refractivity contribution in [2.75, 3.05) is 19.4 Å². The Morgan fingerprint density at radius 1 is 1.44 bits per heavy atom. The molecule has 1 aliphatic rings. The Hall–Kier alpha value is -1.87. The summed E-state index contributed by atoms with van der Waals surface area (Å²) in [5, 5.41) is 14.2. The van der Waals surface area contributed by atoms with Crippen LogP contribution in [0.2, 0.25) is 0 Å². The Morgan fingerprint density at radius 2 is 2.28 bits per heavy atom. The normalized spacial score (nSPS) is 13.6. The van der Waals surface area contributed by atoms with Crippen molar-refractivity contribution in [1.82, 2.24) is 20.1 Å². The summed E-state index contributed by atoms with van der Waals surface area (Å²) in [4.78, 5) is 24.1. The first-order valence-corrected chi connectivity index (χ1v) is 10.0. The molecule has 1 aliphatic carbocycles. The smallest absolute Gasteiger partial charge is 0.305 e. The second kappa shape index (κ2) is 8.48. The van der Waals surface area contributed by atoms with E-state index in [1.54, 1.807) is 11.3 Å². The van der Waals surface area contributed by atoms with Crippen LogP contribution in [0.3, 0.4) is 0 Å². The van der Waals surface area contributed by atoms with Gasteiger partial charge in [0.2, 0.25) is 5.91 Å². The van der Waals surface area contributed by atoms with Crippen molar-refractivity contribution in [2.24, 2.45) is 0 Å². The van der Waals surface area contributed by atoms with Gasteiger partial charge in [0.25, 0.3) is 0 Å². The average molecular weight is 380 g/mol. The predicted molar refractivity (Wildman–Crippen MR) is 96.6 cm³/mol. The molecule has 0 radical (unpaired) electrons. The van der Waals surface area contributed by atoms with Gasteiger partial charge in [0, 0.05) is 19.0 Å². The Balaban J connectivity index is 1.51. The van der Waals surface area contributed by atoms with Crippen LogP contribution >= 0.6 is 23.1 Å². The minimum absolute atomic E-state index is 0.0714. The number of amides is 1. The van der Waals surface area contributed by atoms with E-state index in [1.165, 1.54) is 18.9 Å². The minimum Gasteiger partial charge on any atom is -0.469 e. The van der Waals surface area contributed by atoms with Crippen molar-refractivity contribution in [3.63, 3.8) is 0 Å². The first-order valence-electron chi connectivity index (χ1n) is 8.14. The molecule has 1 N–H and O–H groups in total. The lowest BCUT2D eigenvalue weighted by Crippen LogP contribution is -2.26. The Morgan fingerprint density at radius 3 is 2.96 bits per heavy atom. The highest BCUT2D eigenvalue weighted by Gasteiger charge is 2.30. The van der Waals surface area contributed by atoms with E-state index in [9.17, 15) is 9.59 Å². The van der Waals surface area contributed by atoms with Gasteiger partial charge < -0.3 is 10.1 Å². The molecular formula is C16H20N4O3S2. The fourth-order valence-corrected chi connectivity index (χ4v) is 3.90. The van der Waals surface area contributed by atoms with Crippen LogP contribution in [0, 0.1) is 0 Å². The van der Waals surface area contributed by atoms with E-state index in [-0.39, 0.29) is 17.6 Å². The van der Waals surface area contributed by atoms with Crippen molar-refractivity contribution in [1.29, 1.82) is 0 Å². The Labute approximate surface area is 154 Å². The molecule has 7 nitrogen and oxygen atoms in total. The molecule has 134 valence electrons. The van der Waals surface area contributed by atoms with Crippen LogP contribution in [0.25, 0.3) is 10.7 Å². The molecule has 3 rings (SSSR count). The molecule has 0 aliphatic heterocycles. The SMILES string of the molecule is COC(=O)CCCNC(=O)CSc1nnc(-c2cccs2)n1C1CC1. The zero-order valence-electron chi connectivity index (χ0n) is 13.9. The number of methoxy groups -OCH3 is 1.